The van der Waals surface area contributed by atoms with Crippen LogP contribution in [0.3, 0.4) is 0 Å². The molecule has 0 atom stereocenters. The molecular weight excluding hydrogens is 306 g/mol. The zero-order valence-corrected chi connectivity index (χ0v) is 13.6. The molecule has 0 saturated carbocycles. The van der Waals surface area contributed by atoms with E-state index in [1.165, 1.54) is 16.4 Å². The zero-order chi connectivity index (χ0) is 16.3. The molecule has 2 rings (SSSR count). The quantitative estimate of drug-likeness (QED) is 0.640. The lowest BCUT2D eigenvalue weighted by atomic mass is 10.2. The van der Waals surface area contributed by atoms with Gasteiger partial charge in [0.15, 0.2) is 0 Å². The fraction of sp³-hybridized carbons (Fsp3) is 0.571. The average Bonchev–Trinajstić information content (AvgIpc) is 2.99. The van der Waals surface area contributed by atoms with Crippen LogP contribution in [0.15, 0.2) is 23.1 Å². The zero-order valence-electron chi connectivity index (χ0n) is 12.8. The molecule has 0 unspecified atom stereocenters. The topological polar surface area (TPSA) is 92.6 Å². The Morgan fingerprint density at radius 1 is 1.32 bits per heavy atom. The normalized spacial score (nSPS) is 16.1. The Balaban J connectivity index is 2.34. The summed E-state index contributed by atoms with van der Waals surface area (Å²) in [5.74, 6) is 0.326. The van der Waals surface area contributed by atoms with Gasteiger partial charge in [-0.25, -0.2) is 8.42 Å². The van der Waals surface area contributed by atoms with E-state index in [0.717, 1.165) is 18.9 Å². The summed E-state index contributed by atoms with van der Waals surface area (Å²) in [5.41, 5.74) is 0.139. The molecule has 0 aromatic heterocycles. The van der Waals surface area contributed by atoms with Gasteiger partial charge in [0.2, 0.25) is 10.0 Å². The van der Waals surface area contributed by atoms with Gasteiger partial charge in [0.25, 0.3) is 5.69 Å². The molecule has 1 aromatic rings. The first-order valence-electron chi connectivity index (χ1n) is 7.35. The SMILES string of the molecule is CC(C)CNc1ccc(S(=O)(=O)N2CCCC2)cc1[N+](=O)[O-]. The number of benzene rings is 1. The molecule has 0 spiro atoms. The molecule has 1 saturated heterocycles. The highest BCUT2D eigenvalue weighted by Crippen LogP contribution is 2.30. The Labute approximate surface area is 130 Å². The number of nitrogens with one attached hydrogen (secondary N) is 1. The number of hydrogen-bond acceptors (Lipinski definition) is 5. The van der Waals surface area contributed by atoms with E-state index in [1.807, 2.05) is 13.8 Å². The molecule has 1 heterocycles. The summed E-state index contributed by atoms with van der Waals surface area (Å²) in [6.45, 7) is 5.52. The van der Waals surface area contributed by atoms with E-state index >= 15 is 0 Å². The molecule has 1 aromatic carbocycles. The maximum atomic E-state index is 12.5. The second-order valence-electron chi connectivity index (χ2n) is 5.82. The van der Waals surface area contributed by atoms with Gasteiger partial charge in [-0.05, 0) is 30.9 Å². The van der Waals surface area contributed by atoms with Gasteiger partial charge in [-0.2, -0.15) is 4.31 Å². The minimum Gasteiger partial charge on any atom is -0.379 e. The van der Waals surface area contributed by atoms with E-state index < -0.39 is 14.9 Å². The van der Waals surface area contributed by atoms with E-state index in [1.54, 1.807) is 0 Å². The monoisotopic (exact) mass is 327 g/mol. The van der Waals surface area contributed by atoms with Crippen molar-refractivity contribution in [2.24, 2.45) is 5.92 Å². The predicted octanol–water partition coefficient (Wildman–Crippen LogP) is 2.45. The van der Waals surface area contributed by atoms with Crippen LogP contribution >= 0.6 is 0 Å². The second-order valence-corrected chi connectivity index (χ2v) is 7.76. The molecule has 1 N–H and O–H groups in total. The summed E-state index contributed by atoms with van der Waals surface area (Å²) in [5, 5.41) is 14.2. The van der Waals surface area contributed by atoms with Crippen LogP contribution in [0.5, 0.6) is 0 Å². The summed E-state index contributed by atoms with van der Waals surface area (Å²) in [6.07, 6.45) is 1.66. The van der Waals surface area contributed by atoms with Crippen LogP contribution in [0.2, 0.25) is 0 Å². The van der Waals surface area contributed by atoms with Crippen LogP contribution in [-0.4, -0.2) is 37.3 Å². The molecular formula is C14H21N3O4S. The maximum absolute atomic E-state index is 12.5. The van der Waals surface area contributed by atoms with Gasteiger partial charge in [-0.1, -0.05) is 13.8 Å². The van der Waals surface area contributed by atoms with Crippen LogP contribution in [0, 0.1) is 16.0 Å². The average molecular weight is 327 g/mol. The van der Waals surface area contributed by atoms with Crippen LogP contribution in [0.4, 0.5) is 11.4 Å². The van der Waals surface area contributed by atoms with Gasteiger partial charge in [0.05, 0.1) is 9.82 Å². The van der Waals surface area contributed by atoms with E-state index in [4.69, 9.17) is 0 Å². The lowest BCUT2D eigenvalue weighted by Gasteiger charge is -2.16. The highest BCUT2D eigenvalue weighted by Gasteiger charge is 2.29. The first-order valence-corrected chi connectivity index (χ1v) is 8.79. The third-order valence-electron chi connectivity index (χ3n) is 3.57. The molecule has 0 amide bonds. The summed E-state index contributed by atoms with van der Waals surface area (Å²) in [7, 11) is -3.64. The van der Waals surface area contributed by atoms with Crippen molar-refractivity contribution in [2.45, 2.75) is 31.6 Å². The highest BCUT2D eigenvalue weighted by molar-refractivity contribution is 7.89. The molecule has 122 valence electrons. The number of nitro groups is 1. The Morgan fingerprint density at radius 3 is 2.50 bits per heavy atom. The summed E-state index contributed by atoms with van der Waals surface area (Å²) < 4.78 is 26.3. The number of nitro benzene ring substituents is 1. The van der Waals surface area contributed by atoms with E-state index in [0.29, 0.717) is 31.2 Å². The maximum Gasteiger partial charge on any atom is 0.293 e. The van der Waals surface area contributed by atoms with Gasteiger partial charge in [-0.3, -0.25) is 10.1 Å². The molecule has 0 radical (unpaired) electrons. The van der Waals surface area contributed by atoms with Crippen molar-refractivity contribution < 1.29 is 13.3 Å². The summed E-state index contributed by atoms with van der Waals surface area (Å²) in [4.78, 5) is 10.7. The Hall–Kier alpha value is -1.67. The van der Waals surface area contributed by atoms with Crippen molar-refractivity contribution in [1.82, 2.24) is 4.31 Å². The van der Waals surface area contributed by atoms with Crippen molar-refractivity contribution in [3.8, 4) is 0 Å². The molecule has 22 heavy (non-hydrogen) atoms. The van der Waals surface area contributed by atoms with Gasteiger partial charge >= 0.3 is 0 Å². The first-order chi connectivity index (χ1) is 10.3. The third-order valence-corrected chi connectivity index (χ3v) is 5.46. The Bertz CT molecular complexity index is 652. The molecule has 8 heteroatoms. The van der Waals surface area contributed by atoms with E-state index in [2.05, 4.69) is 5.32 Å². The lowest BCUT2D eigenvalue weighted by Crippen LogP contribution is -2.27. The third kappa shape index (κ3) is 3.56. The molecule has 1 aliphatic heterocycles. The lowest BCUT2D eigenvalue weighted by molar-refractivity contribution is -0.384. The minimum atomic E-state index is -3.64. The molecule has 1 aliphatic rings. The highest BCUT2D eigenvalue weighted by atomic mass is 32.2. The van der Waals surface area contributed by atoms with Gasteiger partial charge in [0.1, 0.15) is 5.69 Å². The fourth-order valence-corrected chi connectivity index (χ4v) is 3.90. The Kier molecular flexibility index (Phi) is 5.02. The summed E-state index contributed by atoms with van der Waals surface area (Å²) >= 11 is 0. The molecule has 0 aliphatic carbocycles. The van der Waals surface area contributed by atoms with Crippen molar-refractivity contribution >= 4 is 21.4 Å². The predicted molar refractivity (Wildman–Crippen MR) is 84.4 cm³/mol. The van der Waals surface area contributed by atoms with Crippen molar-refractivity contribution in [3.05, 3.63) is 28.3 Å². The number of hydrogen-bond donors (Lipinski definition) is 1. The van der Waals surface area contributed by atoms with Crippen molar-refractivity contribution in [1.29, 1.82) is 0 Å². The van der Waals surface area contributed by atoms with Gasteiger partial charge < -0.3 is 5.32 Å². The first kappa shape index (κ1) is 16.7. The smallest absolute Gasteiger partial charge is 0.293 e. The molecule has 7 nitrogen and oxygen atoms in total. The van der Waals surface area contributed by atoms with Crippen molar-refractivity contribution in [3.63, 3.8) is 0 Å². The number of nitrogens with zero attached hydrogens (tertiary/aromatic N) is 2. The second kappa shape index (κ2) is 6.62. The fourth-order valence-electron chi connectivity index (χ4n) is 2.36. The molecule has 0 bridgehead atoms. The minimum absolute atomic E-state index is 0.0174. The standard InChI is InChI=1S/C14H21N3O4S/c1-11(2)10-15-13-6-5-12(9-14(13)17(18)19)22(20,21)16-7-3-4-8-16/h5-6,9,11,15H,3-4,7-8,10H2,1-2H3. The van der Waals surface area contributed by atoms with Crippen LogP contribution < -0.4 is 5.32 Å². The van der Waals surface area contributed by atoms with E-state index in [-0.39, 0.29) is 10.6 Å². The van der Waals surface area contributed by atoms with Crippen molar-refractivity contribution in [2.75, 3.05) is 25.0 Å². The van der Waals surface area contributed by atoms with Gasteiger partial charge in [-0.15, -0.1) is 0 Å². The van der Waals surface area contributed by atoms with Crippen LogP contribution in [-0.2, 0) is 10.0 Å². The molecule has 1 fully saturated rings. The number of rotatable bonds is 6. The van der Waals surface area contributed by atoms with E-state index in [9.17, 15) is 18.5 Å². The van der Waals surface area contributed by atoms with Crippen LogP contribution in [0.1, 0.15) is 26.7 Å². The number of sulfonamides is 1. The largest absolute Gasteiger partial charge is 0.379 e. The Morgan fingerprint density at radius 2 is 1.95 bits per heavy atom. The van der Waals surface area contributed by atoms with Crippen LogP contribution in [0.25, 0.3) is 0 Å². The summed E-state index contributed by atoms with van der Waals surface area (Å²) in [6, 6.07) is 4.06. The number of anilines is 1. The van der Waals surface area contributed by atoms with Gasteiger partial charge in [0, 0.05) is 25.7 Å².